The van der Waals surface area contributed by atoms with Gasteiger partial charge in [-0.25, -0.2) is 0 Å². The van der Waals surface area contributed by atoms with Crippen molar-refractivity contribution in [3.05, 3.63) is 0 Å². The molecule has 5 aliphatic carbocycles. The number of Topliss-reactive ketones (excluding diaryl/α,β-unsaturated/α-hetero) is 2. The average molecular weight is 281 g/mol. The van der Waals surface area contributed by atoms with Crippen LogP contribution in [0.3, 0.4) is 0 Å². The first kappa shape index (κ1) is 8.84. The van der Waals surface area contributed by atoms with Crippen LogP contribution < -0.4 is 0 Å². The Morgan fingerprint density at radius 3 is 2.56 bits per heavy atom. The van der Waals surface area contributed by atoms with Gasteiger partial charge in [0.2, 0.25) is 0 Å². The molecule has 1 spiro atoms. The smallest absolute Gasteiger partial charge is 0.150 e. The van der Waals surface area contributed by atoms with E-state index in [9.17, 15) is 9.59 Å². The second-order valence-corrected chi connectivity index (χ2v) is 7.54. The second kappa shape index (κ2) is 2.21. The summed E-state index contributed by atoms with van der Waals surface area (Å²) in [5.74, 6) is 3.29. The summed E-state index contributed by atoms with van der Waals surface area (Å²) < 4.78 is 0. The lowest BCUT2D eigenvalue weighted by molar-refractivity contribution is -0.129. The first-order chi connectivity index (χ1) is 7.67. The zero-order valence-corrected chi connectivity index (χ0v) is 10.4. The number of hydrogen-bond donors (Lipinski definition) is 0. The van der Waals surface area contributed by atoms with Gasteiger partial charge in [0.15, 0.2) is 5.78 Å². The molecule has 5 rings (SSSR count). The highest BCUT2D eigenvalue weighted by molar-refractivity contribution is 9.10. The Morgan fingerprint density at radius 1 is 1.12 bits per heavy atom. The standard InChI is InChI=1S/C13H13BrO2/c14-11-6-4-3-5(15)7-8(12(11)16)10(6)13(1-2-13)9(4)7/h4,6-11H,1-3H2/t4-,6+,7-,8-,9+,10-,11-/m0/s1. The monoisotopic (exact) mass is 280 g/mol. The molecule has 84 valence electrons. The molecule has 5 aliphatic rings. The van der Waals surface area contributed by atoms with Gasteiger partial charge in [0.1, 0.15) is 5.78 Å². The minimum absolute atomic E-state index is 0.0769. The maximum atomic E-state index is 12.3. The van der Waals surface area contributed by atoms with E-state index >= 15 is 0 Å². The van der Waals surface area contributed by atoms with Gasteiger partial charge in [0.05, 0.1) is 4.83 Å². The first-order valence-corrected chi connectivity index (χ1v) is 7.29. The highest BCUT2D eigenvalue weighted by atomic mass is 79.9. The molecule has 0 unspecified atom stereocenters. The van der Waals surface area contributed by atoms with Crippen molar-refractivity contribution in [2.75, 3.05) is 0 Å². The number of fused-ring (bicyclic) bond motifs is 2. The van der Waals surface area contributed by atoms with Crippen molar-refractivity contribution >= 4 is 27.5 Å². The van der Waals surface area contributed by atoms with Crippen molar-refractivity contribution < 1.29 is 9.59 Å². The number of alkyl halides is 1. The van der Waals surface area contributed by atoms with E-state index in [1.165, 1.54) is 12.8 Å². The molecule has 2 nitrogen and oxygen atoms in total. The van der Waals surface area contributed by atoms with E-state index in [0.29, 0.717) is 40.7 Å². The van der Waals surface area contributed by atoms with E-state index in [4.69, 9.17) is 0 Å². The van der Waals surface area contributed by atoms with Crippen LogP contribution in [0.25, 0.3) is 0 Å². The van der Waals surface area contributed by atoms with E-state index in [-0.39, 0.29) is 16.7 Å². The topological polar surface area (TPSA) is 34.1 Å². The molecule has 0 aromatic carbocycles. The molecule has 0 amide bonds. The Hall–Kier alpha value is -0.180. The zero-order chi connectivity index (χ0) is 10.8. The molecule has 16 heavy (non-hydrogen) atoms. The minimum atomic E-state index is 0.0769. The summed E-state index contributed by atoms with van der Waals surface area (Å²) in [6.45, 7) is 0. The lowest BCUT2D eigenvalue weighted by atomic mass is 9.79. The molecule has 0 saturated heterocycles. The Kier molecular flexibility index (Phi) is 1.22. The fourth-order valence-corrected chi connectivity index (χ4v) is 7.20. The third-order valence-corrected chi connectivity index (χ3v) is 7.49. The summed E-state index contributed by atoms with van der Waals surface area (Å²) in [6, 6.07) is 0. The predicted molar refractivity (Wildman–Crippen MR) is 60.0 cm³/mol. The molecule has 0 N–H and O–H groups in total. The summed E-state index contributed by atoms with van der Waals surface area (Å²) >= 11 is 3.62. The highest BCUT2D eigenvalue weighted by Crippen LogP contribution is 2.83. The summed E-state index contributed by atoms with van der Waals surface area (Å²) in [4.78, 5) is 24.4. The fraction of sp³-hybridized carbons (Fsp3) is 0.846. The number of ketones is 2. The lowest BCUT2D eigenvalue weighted by Crippen LogP contribution is -2.26. The van der Waals surface area contributed by atoms with Crippen molar-refractivity contribution in [3.63, 3.8) is 0 Å². The number of rotatable bonds is 0. The number of hydrogen-bond acceptors (Lipinski definition) is 2. The zero-order valence-electron chi connectivity index (χ0n) is 8.86. The van der Waals surface area contributed by atoms with E-state index in [1.807, 2.05) is 0 Å². The van der Waals surface area contributed by atoms with Crippen molar-refractivity contribution in [2.24, 2.45) is 40.9 Å². The van der Waals surface area contributed by atoms with Crippen LogP contribution in [0.15, 0.2) is 0 Å². The Balaban J connectivity index is 1.80. The van der Waals surface area contributed by atoms with E-state index in [1.54, 1.807) is 0 Å². The molecular weight excluding hydrogens is 268 g/mol. The van der Waals surface area contributed by atoms with Gasteiger partial charge in [-0.05, 0) is 41.9 Å². The molecule has 7 atom stereocenters. The van der Waals surface area contributed by atoms with Crippen LogP contribution in [0.5, 0.6) is 0 Å². The van der Waals surface area contributed by atoms with Crippen LogP contribution in [0.4, 0.5) is 0 Å². The van der Waals surface area contributed by atoms with Gasteiger partial charge < -0.3 is 0 Å². The van der Waals surface area contributed by atoms with Crippen molar-refractivity contribution in [3.8, 4) is 0 Å². The summed E-state index contributed by atoms with van der Waals surface area (Å²) in [5, 5.41) is 0. The van der Waals surface area contributed by atoms with Crippen LogP contribution in [0.1, 0.15) is 19.3 Å². The van der Waals surface area contributed by atoms with Crippen LogP contribution in [-0.4, -0.2) is 16.4 Å². The minimum Gasteiger partial charge on any atom is -0.299 e. The fourth-order valence-electron chi connectivity index (χ4n) is 6.17. The van der Waals surface area contributed by atoms with E-state index in [0.717, 1.165) is 6.42 Å². The molecule has 0 aromatic rings. The average Bonchev–Trinajstić information content (AvgIpc) is 2.81. The SMILES string of the molecule is O=C1C[C@H]2[C@@H]3[C@H]4[C@@H](C(=O)[C@H]3Br)[C@H]1[C@@H]2C41CC1. The van der Waals surface area contributed by atoms with Gasteiger partial charge in [0, 0.05) is 18.3 Å². The summed E-state index contributed by atoms with van der Waals surface area (Å²) in [5.41, 5.74) is 0.453. The Labute approximate surface area is 102 Å². The molecule has 0 aromatic heterocycles. The molecule has 3 heteroatoms. The van der Waals surface area contributed by atoms with Gasteiger partial charge in [-0.1, -0.05) is 15.9 Å². The normalized spacial score (nSPS) is 62.7. The van der Waals surface area contributed by atoms with Crippen LogP contribution in [0, 0.1) is 40.9 Å². The third-order valence-electron chi connectivity index (χ3n) is 6.43. The van der Waals surface area contributed by atoms with Crippen LogP contribution >= 0.6 is 15.9 Å². The van der Waals surface area contributed by atoms with Crippen LogP contribution in [-0.2, 0) is 9.59 Å². The van der Waals surface area contributed by atoms with Gasteiger partial charge in [0.25, 0.3) is 0 Å². The summed E-state index contributed by atoms with van der Waals surface area (Å²) in [6.07, 6.45) is 3.37. The van der Waals surface area contributed by atoms with Gasteiger partial charge in [-0.3, -0.25) is 9.59 Å². The lowest BCUT2D eigenvalue weighted by Gasteiger charge is -2.23. The molecule has 5 saturated carbocycles. The Morgan fingerprint density at radius 2 is 1.88 bits per heavy atom. The number of halogens is 1. The molecule has 2 bridgehead atoms. The van der Waals surface area contributed by atoms with Crippen molar-refractivity contribution in [1.29, 1.82) is 0 Å². The maximum absolute atomic E-state index is 12.3. The van der Waals surface area contributed by atoms with Crippen molar-refractivity contribution in [1.82, 2.24) is 0 Å². The Bertz CT molecular complexity index is 453. The van der Waals surface area contributed by atoms with E-state index < -0.39 is 0 Å². The second-order valence-electron chi connectivity index (χ2n) is 6.55. The predicted octanol–water partition coefficient (Wildman–Crippen LogP) is 1.81. The third kappa shape index (κ3) is 0.614. The summed E-state index contributed by atoms with van der Waals surface area (Å²) in [7, 11) is 0. The molecule has 0 heterocycles. The molecular formula is C13H13BrO2. The molecule has 0 radical (unpaired) electrons. The van der Waals surface area contributed by atoms with Gasteiger partial charge in [-0.2, -0.15) is 0 Å². The quantitative estimate of drug-likeness (QED) is 0.635. The van der Waals surface area contributed by atoms with Crippen molar-refractivity contribution in [2.45, 2.75) is 24.1 Å². The number of carbonyl (C=O) groups is 2. The first-order valence-electron chi connectivity index (χ1n) is 6.37. The van der Waals surface area contributed by atoms with Crippen LogP contribution in [0.2, 0.25) is 0 Å². The van der Waals surface area contributed by atoms with Gasteiger partial charge in [-0.15, -0.1) is 0 Å². The van der Waals surface area contributed by atoms with Gasteiger partial charge >= 0.3 is 0 Å². The van der Waals surface area contributed by atoms with E-state index in [2.05, 4.69) is 15.9 Å². The molecule has 5 fully saturated rings. The maximum Gasteiger partial charge on any atom is 0.150 e. The molecule has 0 aliphatic heterocycles. The largest absolute Gasteiger partial charge is 0.299 e. The number of carbonyl (C=O) groups excluding carboxylic acids is 2. The highest BCUT2D eigenvalue weighted by Gasteiger charge is 2.83.